The fraction of sp³-hybridized carbons (Fsp3) is 0.222. The van der Waals surface area contributed by atoms with Crippen LogP contribution in [0.1, 0.15) is 10.4 Å². The Hall–Kier alpha value is -1.43. The molecule has 0 radical (unpaired) electrons. The SMILES string of the molecule is COC(=O)Nc1ccc(C(=O)CBr)cn1. The van der Waals surface area contributed by atoms with E-state index in [1.807, 2.05) is 0 Å². The van der Waals surface area contributed by atoms with E-state index in [1.165, 1.54) is 19.4 Å². The van der Waals surface area contributed by atoms with Crippen molar-refractivity contribution in [3.05, 3.63) is 23.9 Å². The van der Waals surface area contributed by atoms with Gasteiger partial charge in [0.2, 0.25) is 0 Å². The minimum Gasteiger partial charge on any atom is -0.453 e. The second-order valence-electron chi connectivity index (χ2n) is 2.61. The average Bonchev–Trinajstić information content (AvgIpc) is 2.29. The highest BCUT2D eigenvalue weighted by Gasteiger charge is 2.05. The van der Waals surface area contributed by atoms with E-state index in [0.717, 1.165) is 0 Å². The Kier molecular flexibility index (Phi) is 4.23. The van der Waals surface area contributed by atoms with Crippen LogP contribution < -0.4 is 5.32 Å². The molecule has 0 aliphatic rings. The molecule has 1 N–H and O–H groups in total. The van der Waals surface area contributed by atoms with Crippen molar-refractivity contribution in [3.8, 4) is 0 Å². The number of alkyl halides is 1. The van der Waals surface area contributed by atoms with E-state index < -0.39 is 6.09 Å². The monoisotopic (exact) mass is 272 g/mol. The van der Waals surface area contributed by atoms with Crippen LogP contribution in [0.25, 0.3) is 0 Å². The number of carbonyl (C=O) groups is 2. The van der Waals surface area contributed by atoms with Gasteiger partial charge in [-0.2, -0.15) is 0 Å². The number of hydrogen-bond donors (Lipinski definition) is 1. The molecule has 15 heavy (non-hydrogen) atoms. The lowest BCUT2D eigenvalue weighted by Crippen LogP contribution is -2.12. The Bertz CT molecular complexity index is 364. The molecule has 6 heteroatoms. The summed E-state index contributed by atoms with van der Waals surface area (Å²) in [5.74, 6) is 0.278. The fourth-order valence-corrected chi connectivity index (χ4v) is 1.19. The first-order valence-electron chi connectivity index (χ1n) is 4.07. The molecule has 0 saturated heterocycles. The number of methoxy groups -OCH3 is 1. The number of Topliss-reactive ketones (excluding diaryl/α,β-unsaturated/α-hetero) is 1. The molecule has 0 atom stereocenters. The Morgan fingerprint density at radius 1 is 1.53 bits per heavy atom. The van der Waals surface area contributed by atoms with Gasteiger partial charge in [-0.25, -0.2) is 9.78 Å². The Morgan fingerprint density at radius 2 is 2.27 bits per heavy atom. The number of aromatic nitrogens is 1. The summed E-state index contributed by atoms with van der Waals surface area (Å²) < 4.78 is 4.39. The summed E-state index contributed by atoms with van der Waals surface area (Å²) >= 11 is 3.05. The molecule has 0 aliphatic heterocycles. The predicted molar refractivity (Wildman–Crippen MR) is 58.4 cm³/mol. The van der Waals surface area contributed by atoms with Crippen LogP contribution in [0.3, 0.4) is 0 Å². The molecule has 1 amide bonds. The van der Waals surface area contributed by atoms with Crippen molar-refractivity contribution in [3.63, 3.8) is 0 Å². The summed E-state index contributed by atoms with van der Waals surface area (Å²) in [7, 11) is 1.26. The van der Waals surface area contributed by atoms with Crippen molar-refractivity contribution in [1.82, 2.24) is 4.98 Å². The van der Waals surface area contributed by atoms with Gasteiger partial charge in [-0.1, -0.05) is 15.9 Å². The number of amides is 1. The van der Waals surface area contributed by atoms with Crippen molar-refractivity contribution in [2.75, 3.05) is 17.8 Å². The summed E-state index contributed by atoms with van der Waals surface area (Å²) in [6.07, 6.45) is 0.802. The minimum absolute atomic E-state index is 0.0629. The largest absolute Gasteiger partial charge is 0.453 e. The number of halogens is 1. The first-order valence-corrected chi connectivity index (χ1v) is 5.19. The predicted octanol–water partition coefficient (Wildman–Crippen LogP) is 1.84. The van der Waals surface area contributed by atoms with Crippen LogP contribution in [0.5, 0.6) is 0 Å². The molecule has 0 aromatic carbocycles. The maximum Gasteiger partial charge on any atom is 0.412 e. The van der Waals surface area contributed by atoms with Crippen LogP contribution in [-0.2, 0) is 4.74 Å². The Morgan fingerprint density at radius 3 is 2.73 bits per heavy atom. The van der Waals surface area contributed by atoms with Gasteiger partial charge in [0, 0.05) is 11.8 Å². The van der Waals surface area contributed by atoms with Gasteiger partial charge in [0.15, 0.2) is 5.78 Å². The number of carbonyl (C=O) groups excluding carboxylic acids is 2. The molecule has 80 valence electrons. The number of ketones is 1. The Labute approximate surface area is 95.0 Å². The molecule has 0 bridgehead atoms. The van der Waals surface area contributed by atoms with Crippen molar-refractivity contribution in [2.24, 2.45) is 0 Å². The molecule has 0 fully saturated rings. The standard InChI is InChI=1S/C9H9BrN2O3/c1-15-9(14)12-8-3-2-6(5-11-8)7(13)4-10/h2-3,5H,4H2,1H3,(H,11,12,14). The zero-order valence-corrected chi connectivity index (χ0v) is 9.58. The van der Waals surface area contributed by atoms with Gasteiger partial charge < -0.3 is 4.74 Å². The molecule has 5 nitrogen and oxygen atoms in total. The summed E-state index contributed by atoms with van der Waals surface area (Å²) in [6.45, 7) is 0. The van der Waals surface area contributed by atoms with E-state index in [1.54, 1.807) is 6.07 Å². The molecule has 0 unspecified atom stereocenters. The van der Waals surface area contributed by atoms with E-state index in [2.05, 4.69) is 31.0 Å². The van der Waals surface area contributed by atoms with Crippen molar-refractivity contribution >= 4 is 33.6 Å². The molecular weight excluding hydrogens is 264 g/mol. The topological polar surface area (TPSA) is 68.3 Å². The first kappa shape index (κ1) is 11.6. The van der Waals surface area contributed by atoms with Gasteiger partial charge in [-0.3, -0.25) is 10.1 Å². The number of ether oxygens (including phenoxy) is 1. The van der Waals surface area contributed by atoms with Gasteiger partial charge in [-0.15, -0.1) is 0 Å². The molecule has 1 heterocycles. The number of nitrogens with zero attached hydrogens (tertiary/aromatic N) is 1. The third-order valence-electron chi connectivity index (χ3n) is 1.62. The maximum absolute atomic E-state index is 11.2. The third-order valence-corrected chi connectivity index (χ3v) is 2.13. The van der Waals surface area contributed by atoms with Gasteiger partial charge in [0.25, 0.3) is 0 Å². The van der Waals surface area contributed by atoms with Crippen LogP contribution in [-0.4, -0.2) is 29.3 Å². The summed E-state index contributed by atoms with van der Waals surface area (Å²) in [5.41, 5.74) is 0.488. The number of anilines is 1. The van der Waals surface area contributed by atoms with Gasteiger partial charge in [0.05, 0.1) is 12.4 Å². The molecule has 0 spiro atoms. The Balaban J connectivity index is 2.72. The van der Waals surface area contributed by atoms with E-state index in [4.69, 9.17) is 0 Å². The fourth-order valence-electron chi connectivity index (χ4n) is 0.866. The second kappa shape index (κ2) is 5.45. The highest BCUT2D eigenvalue weighted by atomic mass is 79.9. The molecular formula is C9H9BrN2O3. The van der Waals surface area contributed by atoms with E-state index in [0.29, 0.717) is 11.4 Å². The summed E-state index contributed by atoms with van der Waals surface area (Å²) in [4.78, 5) is 25.9. The third kappa shape index (κ3) is 3.32. The van der Waals surface area contributed by atoms with E-state index >= 15 is 0 Å². The highest BCUT2D eigenvalue weighted by molar-refractivity contribution is 9.09. The smallest absolute Gasteiger partial charge is 0.412 e. The van der Waals surface area contributed by atoms with E-state index in [9.17, 15) is 9.59 Å². The van der Waals surface area contributed by atoms with Crippen molar-refractivity contribution in [2.45, 2.75) is 0 Å². The number of pyridine rings is 1. The van der Waals surface area contributed by atoms with Crippen LogP contribution in [0.2, 0.25) is 0 Å². The lowest BCUT2D eigenvalue weighted by atomic mass is 10.2. The molecule has 0 aliphatic carbocycles. The maximum atomic E-state index is 11.2. The van der Waals surface area contributed by atoms with Gasteiger partial charge in [-0.05, 0) is 12.1 Å². The molecule has 0 saturated carbocycles. The lowest BCUT2D eigenvalue weighted by Gasteiger charge is -2.02. The number of hydrogen-bond acceptors (Lipinski definition) is 4. The number of nitrogens with one attached hydrogen (secondary N) is 1. The van der Waals surface area contributed by atoms with Gasteiger partial charge >= 0.3 is 6.09 Å². The quantitative estimate of drug-likeness (QED) is 0.674. The average molecular weight is 273 g/mol. The summed E-state index contributed by atoms with van der Waals surface area (Å²) in [6, 6.07) is 3.12. The zero-order valence-electron chi connectivity index (χ0n) is 7.99. The van der Waals surface area contributed by atoms with Crippen molar-refractivity contribution < 1.29 is 14.3 Å². The zero-order chi connectivity index (χ0) is 11.3. The molecule has 1 aromatic heterocycles. The van der Waals surface area contributed by atoms with Crippen LogP contribution in [0, 0.1) is 0 Å². The highest BCUT2D eigenvalue weighted by Crippen LogP contribution is 2.07. The lowest BCUT2D eigenvalue weighted by molar-refractivity contribution is 0.102. The molecule has 1 rings (SSSR count). The summed E-state index contributed by atoms with van der Waals surface area (Å²) in [5, 5.41) is 2.63. The number of rotatable bonds is 3. The second-order valence-corrected chi connectivity index (χ2v) is 3.17. The van der Waals surface area contributed by atoms with Crippen molar-refractivity contribution in [1.29, 1.82) is 0 Å². The van der Waals surface area contributed by atoms with E-state index in [-0.39, 0.29) is 11.1 Å². The molecule has 1 aromatic rings. The minimum atomic E-state index is -0.595. The first-order chi connectivity index (χ1) is 7.17. The van der Waals surface area contributed by atoms with Crippen LogP contribution in [0.4, 0.5) is 10.6 Å². The van der Waals surface area contributed by atoms with Gasteiger partial charge in [0.1, 0.15) is 5.82 Å². The van der Waals surface area contributed by atoms with Crippen LogP contribution in [0.15, 0.2) is 18.3 Å². The normalized spacial score (nSPS) is 9.47. The van der Waals surface area contributed by atoms with Crippen LogP contribution >= 0.6 is 15.9 Å².